The van der Waals surface area contributed by atoms with Crippen molar-refractivity contribution < 1.29 is 14.3 Å². The van der Waals surface area contributed by atoms with E-state index in [4.69, 9.17) is 9.47 Å². The minimum absolute atomic E-state index is 0.0921. The number of esters is 1. The van der Waals surface area contributed by atoms with Crippen molar-refractivity contribution >= 4 is 5.97 Å². The third kappa shape index (κ3) is 4.46. The standard InChI is InChI=1S/C15H27NO3/c1-2-9-18-10-11-19-15(17)14-8-7-12-5-3-4-6-13(12)16-14/h12-14,16H,2-11H2,1H3. The normalized spacial score (nSPS) is 30.7. The van der Waals surface area contributed by atoms with E-state index in [-0.39, 0.29) is 12.0 Å². The monoisotopic (exact) mass is 269 g/mol. The molecule has 1 saturated heterocycles. The second-order valence-electron chi connectivity index (χ2n) is 5.73. The Morgan fingerprint density at radius 2 is 1.95 bits per heavy atom. The molecule has 4 heteroatoms. The molecule has 1 heterocycles. The SMILES string of the molecule is CCCOCCOC(=O)C1CCC2CCCCC2N1. The van der Waals surface area contributed by atoms with Gasteiger partial charge in [-0.3, -0.25) is 4.79 Å². The van der Waals surface area contributed by atoms with Gasteiger partial charge in [0.15, 0.2) is 0 Å². The van der Waals surface area contributed by atoms with Crippen LogP contribution >= 0.6 is 0 Å². The Labute approximate surface area is 116 Å². The molecule has 4 nitrogen and oxygen atoms in total. The lowest BCUT2D eigenvalue weighted by Gasteiger charge is -2.39. The van der Waals surface area contributed by atoms with E-state index < -0.39 is 0 Å². The van der Waals surface area contributed by atoms with Gasteiger partial charge in [-0.1, -0.05) is 19.8 Å². The van der Waals surface area contributed by atoms with Crippen LogP contribution in [0.3, 0.4) is 0 Å². The van der Waals surface area contributed by atoms with Crippen LogP contribution in [0.15, 0.2) is 0 Å². The summed E-state index contributed by atoms with van der Waals surface area (Å²) in [7, 11) is 0. The molecule has 0 spiro atoms. The van der Waals surface area contributed by atoms with Gasteiger partial charge in [-0.2, -0.15) is 0 Å². The summed E-state index contributed by atoms with van der Waals surface area (Å²) in [6.45, 7) is 3.70. The molecule has 0 amide bonds. The molecule has 1 saturated carbocycles. The van der Waals surface area contributed by atoms with Crippen molar-refractivity contribution in [2.45, 2.75) is 64.0 Å². The van der Waals surface area contributed by atoms with Crippen molar-refractivity contribution in [3.63, 3.8) is 0 Å². The van der Waals surface area contributed by atoms with Crippen molar-refractivity contribution in [3.8, 4) is 0 Å². The van der Waals surface area contributed by atoms with Gasteiger partial charge in [-0.05, 0) is 38.0 Å². The largest absolute Gasteiger partial charge is 0.462 e. The van der Waals surface area contributed by atoms with Gasteiger partial charge in [0.2, 0.25) is 0 Å². The van der Waals surface area contributed by atoms with Crippen molar-refractivity contribution in [3.05, 3.63) is 0 Å². The second-order valence-corrected chi connectivity index (χ2v) is 5.73. The number of carbonyl (C=O) groups excluding carboxylic acids is 1. The van der Waals surface area contributed by atoms with Crippen molar-refractivity contribution in [2.75, 3.05) is 19.8 Å². The maximum atomic E-state index is 12.0. The lowest BCUT2D eigenvalue weighted by Crippen LogP contribution is -2.52. The zero-order valence-electron chi connectivity index (χ0n) is 12.0. The van der Waals surface area contributed by atoms with Gasteiger partial charge in [0.25, 0.3) is 0 Å². The lowest BCUT2D eigenvalue weighted by atomic mass is 9.78. The minimum atomic E-state index is -0.0934. The van der Waals surface area contributed by atoms with Crippen molar-refractivity contribution in [1.29, 1.82) is 0 Å². The van der Waals surface area contributed by atoms with Crippen LogP contribution in [-0.2, 0) is 14.3 Å². The summed E-state index contributed by atoms with van der Waals surface area (Å²) in [5.41, 5.74) is 0. The van der Waals surface area contributed by atoms with Crippen molar-refractivity contribution in [2.24, 2.45) is 5.92 Å². The molecule has 110 valence electrons. The Kier molecular flexibility index (Phi) is 6.11. The Balaban J connectivity index is 1.65. The highest BCUT2D eigenvalue weighted by molar-refractivity contribution is 5.76. The number of piperidine rings is 1. The maximum absolute atomic E-state index is 12.0. The van der Waals surface area contributed by atoms with E-state index in [1.54, 1.807) is 0 Å². The number of nitrogens with one attached hydrogen (secondary N) is 1. The smallest absolute Gasteiger partial charge is 0.323 e. The molecule has 1 N–H and O–H groups in total. The van der Waals surface area contributed by atoms with Gasteiger partial charge < -0.3 is 14.8 Å². The summed E-state index contributed by atoms with van der Waals surface area (Å²) in [5.74, 6) is 0.690. The second kappa shape index (κ2) is 7.85. The van der Waals surface area contributed by atoms with Gasteiger partial charge in [-0.15, -0.1) is 0 Å². The third-order valence-corrected chi connectivity index (χ3v) is 4.26. The molecule has 2 rings (SSSR count). The highest BCUT2D eigenvalue weighted by atomic mass is 16.6. The van der Waals surface area contributed by atoms with Crippen LogP contribution in [0.4, 0.5) is 0 Å². The quantitative estimate of drug-likeness (QED) is 0.593. The van der Waals surface area contributed by atoms with Crippen LogP contribution in [0.5, 0.6) is 0 Å². The van der Waals surface area contributed by atoms with Gasteiger partial charge in [0.1, 0.15) is 12.6 Å². The highest BCUT2D eigenvalue weighted by Gasteiger charge is 2.34. The molecule has 0 aromatic carbocycles. The number of ether oxygens (including phenoxy) is 2. The molecular weight excluding hydrogens is 242 g/mol. The van der Waals surface area contributed by atoms with Gasteiger partial charge in [0.05, 0.1) is 6.61 Å². The third-order valence-electron chi connectivity index (χ3n) is 4.26. The number of carbonyl (C=O) groups is 1. The molecular formula is C15H27NO3. The summed E-state index contributed by atoms with van der Waals surface area (Å²) in [5, 5.41) is 3.49. The molecule has 19 heavy (non-hydrogen) atoms. The van der Waals surface area contributed by atoms with Crippen LogP contribution in [-0.4, -0.2) is 37.9 Å². The summed E-state index contributed by atoms with van der Waals surface area (Å²) >= 11 is 0. The summed E-state index contributed by atoms with van der Waals surface area (Å²) in [4.78, 5) is 12.0. The molecule has 0 aromatic rings. The highest BCUT2D eigenvalue weighted by Crippen LogP contribution is 2.32. The van der Waals surface area contributed by atoms with Crippen LogP contribution in [0.2, 0.25) is 0 Å². The number of rotatable bonds is 6. The zero-order valence-corrected chi connectivity index (χ0v) is 12.0. The van der Waals surface area contributed by atoms with E-state index in [1.807, 2.05) is 0 Å². The fourth-order valence-electron chi connectivity index (χ4n) is 3.23. The van der Waals surface area contributed by atoms with E-state index in [1.165, 1.54) is 32.1 Å². The fraction of sp³-hybridized carbons (Fsp3) is 0.933. The summed E-state index contributed by atoms with van der Waals surface area (Å²) in [6, 6.07) is 0.446. The Hall–Kier alpha value is -0.610. The van der Waals surface area contributed by atoms with Crippen LogP contribution in [0, 0.1) is 5.92 Å². The van der Waals surface area contributed by atoms with E-state index in [2.05, 4.69) is 12.2 Å². The maximum Gasteiger partial charge on any atom is 0.323 e. The Morgan fingerprint density at radius 1 is 1.11 bits per heavy atom. The number of fused-ring (bicyclic) bond motifs is 1. The van der Waals surface area contributed by atoms with E-state index >= 15 is 0 Å². The Morgan fingerprint density at radius 3 is 2.79 bits per heavy atom. The van der Waals surface area contributed by atoms with Crippen molar-refractivity contribution in [1.82, 2.24) is 5.32 Å². The van der Waals surface area contributed by atoms with Crippen LogP contribution in [0.25, 0.3) is 0 Å². The number of hydrogen-bond acceptors (Lipinski definition) is 4. The average Bonchev–Trinajstić information content (AvgIpc) is 2.46. The molecule has 0 bridgehead atoms. The molecule has 1 aliphatic heterocycles. The zero-order chi connectivity index (χ0) is 13.5. The van der Waals surface area contributed by atoms with E-state index in [0.717, 1.165) is 25.4 Å². The number of hydrogen-bond donors (Lipinski definition) is 1. The predicted molar refractivity (Wildman–Crippen MR) is 74.0 cm³/mol. The molecule has 0 aromatic heterocycles. The summed E-state index contributed by atoms with van der Waals surface area (Å²) < 4.78 is 10.6. The average molecular weight is 269 g/mol. The first kappa shape index (κ1) is 14.8. The topological polar surface area (TPSA) is 47.6 Å². The predicted octanol–water partition coefficient (Wildman–Crippen LogP) is 2.27. The molecule has 3 atom stereocenters. The first-order valence-electron chi connectivity index (χ1n) is 7.81. The molecule has 3 unspecified atom stereocenters. The van der Waals surface area contributed by atoms with Gasteiger partial charge >= 0.3 is 5.97 Å². The molecule has 2 aliphatic rings. The lowest BCUT2D eigenvalue weighted by molar-refractivity contribution is -0.149. The van der Waals surface area contributed by atoms with Crippen LogP contribution < -0.4 is 5.32 Å². The molecule has 2 fully saturated rings. The Bertz CT molecular complexity index is 283. The first-order valence-corrected chi connectivity index (χ1v) is 7.81. The van der Waals surface area contributed by atoms with E-state index in [9.17, 15) is 4.79 Å². The van der Waals surface area contributed by atoms with Gasteiger partial charge in [0, 0.05) is 12.6 Å². The van der Waals surface area contributed by atoms with Gasteiger partial charge in [-0.25, -0.2) is 0 Å². The molecule has 0 radical (unpaired) electrons. The molecule has 1 aliphatic carbocycles. The first-order chi connectivity index (χ1) is 9.31. The fourth-order valence-corrected chi connectivity index (χ4v) is 3.23. The van der Waals surface area contributed by atoms with E-state index in [0.29, 0.717) is 19.3 Å². The summed E-state index contributed by atoms with van der Waals surface area (Å²) in [6.07, 6.45) is 8.28. The van der Waals surface area contributed by atoms with Crippen LogP contribution in [0.1, 0.15) is 51.9 Å². The minimum Gasteiger partial charge on any atom is -0.462 e.